The number of nitrogens with zero attached hydrogens (tertiary/aromatic N) is 4. The molecule has 0 aliphatic heterocycles. The Morgan fingerprint density at radius 2 is 1.79 bits per heavy atom. The van der Waals surface area contributed by atoms with E-state index in [2.05, 4.69) is 25.5 Å². The largest absolute Gasteiger partial charge is 0.365 e. The van der Waals surface area contributed by atoms with Crippen LogP contribution in [0.4, 0.5) is 21.7 Å². The third-order valence-electron chi connectivity index (χ3n) is 6.08. The third-order valence-corrected chi connectivity index (χ3v) is 6.08. The van der Waals surface area contributed by atoms with E-state index >= 15 is 0 Å². The van der Waals surface area contributed by atoms with Gasteiger partial charge in [-0.15, -0.1) is 0 Å². The smallest absolute Gasteiger partial charge is 0.252 e. The van der Waals surface area contributed by atoms with Crippen molar-refractivity contribution >= 4 is 29.1 Å². The highest BCUT2D eigenvalue weighted by Crippen LogP contribution is 2.40. The van der Waals surface area contributed by atoms with Crippen molar-refractivity contribution in [1.29, 1.82) is 5.26 Å². The van der Waals surface area contributed by atoms with Crippen LogP contribution in [-0.2, 0) is 4.79 Å². The van der Waals surface area contributed by atoms with Gasteiger partial charge in [0.25, 0.3) is 5.91 Å². The highest BCUT2D eigenvalue weighted by molar-refractivity contribution is 5.99. The Balaban J connectivity index is 1.61. The molecule has 2 aliphatic carbocycles. The molecule has 33 heavy (non-hydrogen) atoms. The molecule has 2 saturated carbocycles. The molecule has 0 atom stereocenters. The number of halogens is 1. The van der Waals surface area contributed by atoms with Gasteiger partial charge in [-0.2, -0.15) is 5.26 Å². The number of rotatable bonds is 7. The van der Waals surface area contributed by atoms with Crippen molar-refractivity contribution in [3.8, 4) is 6.07 Å². The second kappa shape index (κ2) is 9.40. The van der Waals surface area contributed by atoms with Crippen molar-refractivity contribution in [2.75, 3.05) is 10.2 Å². The Morgan fingerprint density at radius 3 is 2.33 bits per heavy atom. The van der Waals surface area contributed by atoms with E-state index in [1.807, 2.05) is 6.07 Å². The maximum Gasteiger partial charge on any atom is 0.252 e. The van der Waals surface area contributed by atoms with Gasteiger partial charge in [0.2, 0.25) is 5.91 Å². The molecule has 9 nitrogen and oxygen atoms in total. The molecule has 0 bridgehead atoms. The van der Waals surface area contributed by atoms with Crippen molar-refractivity contribution < 1.29 is 14.0 Å². The van der Waals surface area contributed by atoms with Gasteiger partial charge in [0, 0.05) is 43.5 Å². The molecule has 10 heteroatoms. The standard InChI is InChI=1S/C23H26FN7O2/c1-13(32)29-15-2-4-16(5-3-15)31(17-6-7-17)20-9-21(27-12-18(20)22(26)33)30-23-19(24)8-14(10-25)11-28-23/h8-9,11-12,15-17H,2-7H2,1H3,(H2,26,33)(H,29,32)(H,27,28,30). The molecule has 4 N–H and O–H groups in total. The molecule has 2 heterocycles. The number of carbonyl (C=O) groups excluding carboxylic acids is 2. The van der Waals surface area contributed by atoms with Crippen LogP contribution in [0, 0.1) is 17.1 Å². The Bertz CT molecular complexity index is 1100. The summed E-state index contributed by atoms with van der Waals surface area (Å²) in [5.74, 6) is -1.02. The zero-order chi connectivity index (χ0) is 23.5. The molecule has 0 unspecified atom stereocenters. The van der Waals surface area contributed by atoms with Crippen LogP contribution in [-0.4, -0.2) is 39.9 Å². The Labute approximate surface area is 191 Å². The Morgan fingerprint density at radius 1 is 1.12 bits per heavy atom. The van der Waals surface area contributed by atoms with E-state index in [1.165, 1.54) is 19.3 Å². The number of aromatic nitrogens is 2. The lowest BCUT2D eigenvalue weighted by Gasteiger charge is -2.39. The van der Waals surface area contributed by atoms with Gasteiger partial charge in [-0.3, -0.25) is 9.59 Å². The van der Waals surface area contributed by atoms with E-state index in [4.69, 9.17) is 11.0 Å². The number of anilines is 3. The van der Waals surface area contributed by atoms with Gasteiger partial charge in [-0.05, 0) is 44.6 Å². The summed E-state index contributed by atoms with van der Waals surface area (Å²) in [6.45, 7) is 1.53. The summed E-state index contributed by atoms with van der Waals surface area (Å²) in [5, 5.41) is 14.7. The van der Waals surface area contributed by atoms with Crippen LogP contribution in [0.1, 0.15) is 61.4 Å². The summed E-state index contributed by atoms with van der Waals surface area (Å²) < 4.78 is 14.3. The number of pyridine rings is 2. The fourth-order valence-corrected chi connectivity index (χ4v) is 4.46. The first-order valence-electron chi connectivity index (χ1n) is 11.0. The Hall–Kier alpha value is -3.74. The van der Waals surface area contributed by atoms with Crippen molar-refractivity contribution in [2.45, 2.75) is 63.6 Å². The average Bonchev–Trinajstić information content (AvgIpc) is 3.61. The maximum absolute atomic E-state index is 14.3. The van der Waals surface area contributed by atoms with Crippen molar-refractivity contribution in [2.24, 2.45) is 5.73 Å². The van der Waals surface area contributed by atoms with E-state index in [0.29, 0.717) is 23.1 Å². The summed E-state index contributed by atoms with van der Waals surface area (Å²) in [5.41, 5.74) is 6.75. The number of carbonyl (C=O) groups is 2. The van der Waals surface area contributed by atoms with E-state index in [1.54, 1.807) is 6.07 Å². The van der Waals surface area contributed by atoms with Crippen LogP contribution < -0.4 is 21.3 Å². The van der Waals surface area contributed by atoms with Crippen LogP contribution in [0.2, 0.25) is 0 Å². The monoisotopic (exact) mass is 451 g/mol. The molecule has 172 valence electrons. The van der Waals surface area contributed by atoms with Gasteiger partial charge in [0.15, 0.2) is 11.6 Å². The second-order valence-electron chi connectivity index (χ2n) is 8.59. The van der Waals surface area contributed by atoms with Gasteiger partial charge in [-0.1, -0.05) is 0 Å². The first-order valence-corrected chi connectivity index (χ1v) is 11.0. The van der Waals surface area contributed by atoms with Crippen molar-refractivity contribution in [1.82, 2.24) is 15.3 Å². The zero-order valence-electron chi connectivity index (χ0n) is 18.3. The molecule has 2 fully saturated rings. The average molecular weight is 452 g/mol. The predicted octanol–water partition coefficient (Wildman–Crippen LogP) is 2.75. The summed E-state index contributed by atoms with van der Waals surface area (Å²) in [6, 6.07) is 5.30. The van der Waals surface area contributed by atoms with Crippen molar-refractivity contribution in [3.63, 3.8) is 0 Å². The van der Waals surface area contributed by atoms with Crippen LogP contribution >= 0.6 is 0 Å². The number of hydrogen-bond donors (Lipinski definition) is 3. The lowest BCUT2D eigenvalue weighted by atomic mass is 9.89. The molecule has 0 aromatic carbocycles. The van der Waals surface area contributed by atoms with E-state index < -0.39 is 11.7 Å². The molecule has 2 aromatic rings. The molecular formula is C23H26FN7O2. The summed E-state index contributed by atoms with van der Waals surface area (Å²) in [4.78, 5) is 34.0. The van der Waals surface area contributed by atoms with Gasteiger partial charge < -0.3 is 21.3 Å². The minimum Gasteiger partial charge on any atom is -0.365 e. The normalized spacial score (nSPS) is 19.9. The van der Waals surface area contributed by atoms with Gasteiger partial charge in [0.1, 0.15) is 11.9 Å². The molecule has 0 saturated heterocycles. The quantitative estimate of drug-likeness (QED) is 0.589. The van der Waals surface area contributed by atoms with E-state index in [-0.39, 0.29) is 29.4 Å². The highest BCUT2D eigenvalue weighted by atomic mass is 19.1. The molecule has 2 aliphatic rings. The number of primary amides is 1. The summed E-state index contributed by atoms with van der Waals surface area (Å²) in [6.07, 6.45) is 8.16. The molecule has 2 amide bonds. The van der Waals surface area contributed by atoms with Gasteiger partial charge >= 0.3 is 0 Å². The highest BCUT2D eigenvalue weighted by Gasteiger charge is 2.38. The lowest BCUT2D eigenvalue weighted by Crippen LogP contribution is -2.45. The third kappa shape index (κ3) is 5.19. The summed E-state index contributed by atoms with van der Waals surface area (Å²) in [7, 11) is 0. The second-order valence-corrected chi connectivity index (χ2v) is 8.59. The SMILES string of the molecule is CC(=O)NC1CCC(N(c2cc(Nc3ncc(C#N)cc3F)ncc2C(N)=O)C2CC2)CC1. The fourth-order valence-electron chi connectivity index (χ4n) is 4.46. The van der Waals surface area contributed by atoms with Crippen LogP contribution in [0.5, 0.6) is 0 Å². The van der Waals surface area contributed by atoms with Crippen LogP contribution in [0.3, 0.4) is 0 Å². The number of nitrogens with one attached hydrogen (secondary N) is 2. The zero-order valence-corrected chi connectivity index (χ0v) is 18.3. The number of hydrogen-bond acceptors (Lipinski definition) is 7. The predicted molar refractivity (Wildman–Crippen MR) is 120 cm³/mol. The minimum absolute atomic E-state index is 0.0259. The summed E-state index contributed by atoms with van der Waals surface area (Å²) >= 11 is 0. The Kier molecular flexibility index (Phi) is 6.40. The lowest BCUT2D eigenvalue weighted by molar-refractivity contribution is -0.119. The topological polar surface area (TPSA) is 137 Å². The maximum atomic E-state index is 14.3. The number of nitriles is 1. The number of nitrogens with two attached hydrogens (primary N) is 1. The van der Waals surface area contributed by atoms with E-state index in [9.17, 15) is 14.0 Å². The van der Waals surface area contributed by atoms with E-state index in [0.717, 1.165) is 44.6 Å². The van der Waals surface area contributed by atoms with Crippen LogP contribution in [0.25, 0.3) is 0 Å². The number of amides is 2. The fraction of sp³-hybridized carbons (Fsp3) is 0.435. The minimum atomic E-state index is -0.674. The molecule has 0 spiro atoms. The first-order chi connectivity index (χ1) is 15.9. The molecular weight excluding hydrogens is 425 g/mol. The van der Waals surface area contributed by atoms with Gasteiger partial charge in [-0.25, -0.2) is 14.4 Å². The molecule has 0 radical (unpaired) electrons. The van der Waals surface area contributed by atoms with Gasteiger partial charge in [0.05, 0.1) is 16.8 Å². The van der Waals surface area contributed by atoms with Crippen LogP contribution in [0.15, 0.2) is 24.5 Å². The molecule has 2 aromatic heterocycles. The first kappa shape index (κ1) is 22.5. The molecule has 4 rings (SSSR count). The van der Waals surface area contributed by atoms with Crippen molar-refractivity contribution in [3.05, 3.63) is 41.5 Å².